The highest BCUT2D eigenvalue weighted by atomic mass is 15.2. The van der Waals surface area contributed by atoms with E-state index in [9.17, 15) is 0 Å². The van der Waals surface area contributed by atoms with Gasteiger partial charge in [0.15, 0.2) is 0 Å². The minimum atomic E-state index is 0.270. The van der Waals surface area contributed by atoms with Crippen LogP contribution in [0.3, 0.4) is 0 Å². The second kappa shape index (κ2) is 8.38. The fourth-order valence-electron chi connectivity index (χ4n) is 4.03. The van der Waals surface area contributed by atoms with Crippen molar-refractivity contribution in [1.82, 2.24) is 4.90 Å². The minimum Gasteiger partial charge on any atom is -0.329 e. The van der Waals surface area contributed by atoms with Crippen LogP contribution in [0.4, 0.5) is 0 Å². The summed E-state index contributed by atoms with van der Waals surface area (Å²) in [6.45, 7) is 13.8. The van der Waals surface area contributed by atoms with E-state index in [-0.39, 0.29) is 5.54 Å². The topological polar surface area (TPSA) is 29.3 Å². The first-order valence-electron chi connectivity index (χ1n) is 8.95. The third kappa shape index (κ3) is 4.46. The van der Waals surface area contributed by atoms with Gasteiger partial charge in [0.2, 0.25) is 0 Å². The van der Waals surface area contributed by atoms with E-state index >= 15 is 0 Å². The number of rotatable bonds is 7. The second-order valence-corrected chi connectivity index (χ2v) is 7.48. The molecule has 0 bridgehead atoms. The summed E-state index contributed by atoms with van der Waals surface area (Å²) in [5.74, 6) is 1.60. The zero-order valence-corrected chi connectivity index (χ0v) is 14.6. The average molecular weight is 283 g/mol. The molecule has 2 N–H and O–H groups in total. The van der Waals surface area contributed by atoms with Gasteiger partial charge in [-0.15, -0.1) is 0 Å². The van der Waals surface area contributed by atoms with E-state index in [1.807, 2.05) is 0 Å². The van der Waals surface area contributed by atoms with Crippen molar-refractivity contribution in [2.24, 2.45) is 17.6 Å². The summed E-state index contributed by atoms with van der Waals surface area (Å²) >= 11 is 0. The van der Waals surface area contributed by atoms with Crippen molar-refractivity contribution in [3.05, 3.63) is 0 Å². The summed E-state index contributed by atoms with van der Waals surface area (Å²) in [6.07, 6.45) is 9.20. The van der Waals surface area contributed by atoms with Gasteiger partial charge in [-0.1, -0.05) is 47.5 Å². The maximum absolute atomic E-state index is 6.34. The molecular formula is C18H38N2. The Morgan fingerprint density at radius 1 is 1.15 bits per heavy atom. The van der Waals surface area contributed by atoms with Gasteiger partial charge in [-0.3, -0.25) is 4.90 Å². The molecule has 0 aromatic carbocycles. The lowest BCUT2D eigenvalue weighted by Gasteiger charge is -2.48. The summed E-state index contributed by atoms with van der Waals surface area (Å²) < 4.78 is 0. The van der Waals surface area contributed by atoms with Gasteiger partial charge < -0.3 is 5.73 Å². The molecule has 120 valence electrons. The average Bonchev–Trinajstić information content (AvgIpc) is 2.61. The van der Waals surface area contributed by atoms with Crippen LogP contribution >= 0.6 is 0 Å². The SMILES string of the molecule is CCC(CC)N(CC(C)C)C1(CN)CCCC(C)CC1. The Balaban J connectivity index is 2.98. The zero-order valence-electron chi connectivity index (χ0n) is 14.6. The highest BCUT2D eigenvalue weighted by Gasteiger charge is 2.39. The first kappa shape index (κ1) is 18.0. The van der Waals surface area contributed by atoms with Crippen LogP contribution in [0.15, 0.2) is 0 Å². The first-order chi connectivity index (χ1) is 9.49. The maximum Gasteiger partial charge on any atom is 0.0334 e. The Morgan fingerprint density at radius 2 is 1.80 bits per heavy atom. The lowest BCUT2D eigenvalue weighted by atomic mass is 9.84. The van der Waals surface area contributed by atoms with Gasteiger partial charge in [0, 0.05) is 24.7 Å². The molecule has 0 heterocycles. The third-order valence-electron chi connectivity index (χ3n) is 5.38. The molecule has 20 heavy (non-hydrogen) atoms. The molecule has 1 aliphatic rings. The molecule has 0 radical (unpaired) electrons. The number of nitrogens with zero attached hydrogens (tertiary/aromatic N) is 1. The molecular weight excluding hydrogens is 244 g/mol. The lowest BCUT2D eigenvalue weighted by Crippen LogP contribution is -2.58. The van der Waals surface area contributed by atoms with E-state index in [0.717, 1.165) is 18.4 Å². The molecule has 1 rings (SSSR count). The number of hydrogen-bond donors (Lipinski definition) is 1. The molecule has 0 aromatic rings. The van der Waals surface area contributed by atoms with E-state index in [1.54, 1.807) is 0 Å². The Labute approximate surface area is 127 Å². The molecule has 0 amide bonds. The first-order valence-corrected chi connectivity index (χ1v) is 8.95. The van der Waals surface area contributed by atoms with E-state index < -0.39 is 0 Å². The Morgan fingerprint density at radius 3 is 2.30 bits per heavy atom. The van der Waals surface area contributed by atoms with Gasteiger partial charge in [0.25, 0.3) is 0 Å². The quantitative estimate of drug-likeness (QED) is 0.700. The van der Waals surface area contributed by atoms with Crippen molar-refractivity contribution in [2.75, 3.05) is 13.1 Å². The van der Waals surface area contributed by atoms with E-state index in [1.165, 1.54) is 51.5 Å². The van der Waals surface area contributed by atoms with Crippen molar-refractivity contribution in [1.29, 1.82) is 0 Å². The van der Waals surface area contributed by atoms with Crippen molar-refractivity contribution in [3.63, 3.8) is 0 Å². The molecule has 2 heteroatoms. The van der Waals surface area contributed by atoms with Gasteiger partial charge in [-0.05, 0) is 43.9 Å². The van der Waals surface area contributed by atoms with Crippen LogP contribution in [0.25, 0.3) is 0 Å². The van der Waals surface area contributed by atoms with Gasteiger partial charge in [0.1, 0.15) is 0 Å². The highest BCUT2D eigenvalue weighted by molar-refractivity contribution is 4.96. The van der Waals surface area contributed by atoms with Crippen molar-refractivity contribution < 1.29 is 0 Å². The molecule has 0 aliphatic heterocycles. The van der Waals surface area contributed by atoms with Crippen LogP contribution in [-0.4, -0.2) is 29.6 Å². The lowest BCUT2D eigenvalue weighted by molar-refractivity contribution is 0.0197. The normalized spacial score (nSPS) is 28.4. The van der Waals surface area contributed by atoms with Crippen LogP contribution < -0.4 is 5.73 Å². The molecule has 2 unspecified atom stereocenters. The largest absolute Gasteiger partial charge is 0.329 e. The molecule has 2 nitrogen and oxygen atoms in total. The van der Waals surface area contributed by atoms with Crippen molar-refractivity contribution >= 4 is 0 Å². The zero-order chi connectivity index (χ0) is 15.2. The summed E-state index contributed by atoms with van der Waals surface area (Å²) in [5.41, 5.74) is 6.60. The molecule has 0 aromatic heterocycles. The molecule has 1 saturated carbocycles. The summed E-state index contributed by atoms with van der Waals surface area (Å²) in [4.78, 5) is 2.82. The van der Waals surface area contributed by atoms with Crippen LogP contribution in [0.5, 0.6) is 0 Å². The van der Waals surface area contributed by atoms with E-state index in [0.29, 0.717) is 6.04 Å². The highest BCUT2D eigenvalue weighted by Crippen LogP contribution is 2.36. The van der Waals surface area contributed by atoms with Crippen LogP contribution in [0.2, 0.25) is 0 Å². The van der Waals surface area contributed by atoms with Crippen molar-refractivity contribution in [2.45, 2.75) is 91.1 Å². The van der Waals surface area contributed by atoms with Crippen LogP contribution in [0, 0.1) is 11.8 Å². The summed E-state index contributed by atoms with van der Waals surface area (Å²) in [6, 6.07) is 0.703. The second-order valence-electron chi connectivity index (χ2n) is 7.48. The third-order valence-corrected chi connectivity index (χ3v) is 5.38. The predicted octanol–water partition coefficient (Wildman–Crippen LogP) is 4.43. The molecule has 1 aliphatic carbocycles. The van der Waals surface area contributed by atoms with Crippen LogP contribution in [-0.2, 0) is 0 Å². The van der Waals surface area contributed by atoms with E-state index in [2.05, 4.69) is 39.5 Å². The monoisotopic (exact) mass is 282 g/mol. The van der Waals surface area contributed by atoms with Crippen LogP contribution in [0.1, 0.15) is 79.6 Å². The van der Waals surface area contributed by atoms with Gasteiger partial charge in [-0.25, -0.2) is 0 Å². The van der Waals surface area contributed by atoms with Gasteiger partial charge in [0.05, 0.1) is 0 Å². The fourth-order valence-corrected chi connectivity index (χ4v) is 4.03. The Kier molecular flexibility index (Phi) is 7.53. The molecule has 0 spiro atoms. The van der Waals surface area contributed by atoms with Gasteiger partial charge in [-0.2, -0.15) is 0 Å². The molecule has 1 fully saturated rings. The Hall–Kier alpha value is -0.0800. The molecule has 0 saturated heterocycles. The Bertz CT molecular complexity index is 260. The molecule has 2 atom stereocenters. The smallest absolute Gasteiger partial charge is 0.0334 e. The van der Waals surface area contributed by atoms with Crippen molar-refractivity contribution in [3.8, 4) is 0 Å². The standard InChI is InChI=1S/C18H38N2/c1-6-17(7-2)20(13-15(3)4)18(14-19)11-8-9-16(5)10-12-18/h15-17H,6-14,19H2,1-5H3. The predicted molar refractivity (Wildman–Crippen MR) is 89.9 cm³/mol. The minimum absolute atomic E-state index is 0.270. The number of nitrogens with two attached hydrogens (primary N) is 1. The summed E-state index contributed by atoms with van der Waals surface area (Å²) in [7, 11) is 0. The fraction of sp³-hybridized carbons (Fsp3) is 1.00. The number of hydrogen-bond acceptors (Lipinski definition) is 2. The van der Waals surface area contributed by atoms with E-state index in [4.69, 9.17) is 5.73 Å². The maximum atomic E-state index is 6.34. The summed E-state index contributed by atoms with van der Waals surface area (Å²) in [5, 5.41) is 0. The van der Waals surface area contributed by atoms with Gasteiger partial charge >= 0.3 is 0 Å².